The maximum absolute atomic E-state index is 4.54. The number of benzene rings is 2. The average molecular weight is 283 g/mol. The molecule has 0 amide bonds. The summed E-state index contributed by atoms with van der Waals surface area (Å²) in [6.45, 7) is 6.86. The first-order valence-corrected chi connectivity index (χ1v) is 7.25. The molecular weight excluding hydrogens is 258 g/mol. The molecule has 0 spiro atoms. The van der Waals surface area contributed by atoms with E-state index in [1.54, 1.807) is 7.11 Å². The SMILES string of the molecule is C/C=C\C=C(/C)Nc1ccc2ccccc2c1.CCOC. The second kappa shape index (κ2) is 9.78. The van der Waals surface area contributed by atoms with Crippen molar-refractivity contribution in [2.45, 2.75) is 20.8 Å². The Morgan fingerprint density at radius 3 is 2.43 bits per heavy atom. The Labute approximate surface area is 128 Å². The number of allylic oxidation sites excluding steroid dienone is 4. The quantitative estimate of drug-likeness (QED) is 0.760. The molecule has 0 unspecified atom stereocenters. The second-order valence-electron chi connectivity index (χ2n) is 4.64. The minimum absolute atomic E-state index is 0.819. The number of ether oxygens (including phenoxy) is 1. The van der Waals surface area contributed by atoms with Gasteiger partial charge in [0.25, 0.3) is 0 Å². The van der Waals surface area contributed by atoms with Gasteiger partial charge in [-0.2, -0.15) is 0 Å². The topological polar surface area (TPSA) is 21.3 Å². The van der Waals surface area contributed by atoms with Gasteiger partial charge in [0.15, 0.2) is 0 Å². The number of fused-ring (bicyclic) bond motifs is 1. The maximum atomic E-state index is 4.54. The summed E-state index contributed by atoms with van der Waals surface area (Å²) in [5.41, 5.74) is 2.26. The van der Waals surface area contributed by atoms with Crippen molar-refractivity contribution in [2.24, 2.45) is 0 Å². The third-order valence-corrected chi connectivity index (χ3v) is 2.92. The van der Waals surface area contributed by atoms with Crippen LogP contribution in [0.1, 0.15) is 20.8 Å². The highest BCUT2D eigenvalue weighted by molar-refractivity contribution is 5.85. The zero-order valence-corrected chi connectivity index (χ0v) is 13.4. The summed E-state index contributed by atoms with van der Waals surface area (Å²) in [6, 6.07) is 14.8. The zero-order chi connectivity index (χ0) is 15.5. The predicted octanol–water partition coefficient (Wildman–Crippen LogP) is 5.38. The minimum atomic E-state index is 0.819. The molecule has 1 N–H and O–H groups in total. The predicted molar refractivity (Wildman–Crippen MR) is 93.7 cm³/mol. The lowest BCUT2D eigenvalue weighted by atomic mass is 10.1. The molecule has 0 fully saturated rings. The first-order valence-electron chi connectivity index (χ1n) is 7.25. The molecule has 0 saturated heterocycles. The van der Waals surface area contributed by atoms with Crippen molar-refractivity contribution in [3.05, 3.63) is 66.4 Å². The standard InChI is InChI=1S/C16H17N.C3H8O/c1-3-4-7-13(2)17-16-11-10-14-8-5-6-9-15(14)12-16;1-3-4-2/h3-12,17H,1-2H3;3H2,1-2H3/b4-3-,13-7+;. The molecule has 21 heavy (non-hydrogen) atoms. The number of methoxy groups -OCH3 is 1. The Kier molecular flexibility index (Phi) is 7.92. The average Bonchev–Trinajstić information content (AvgIpc) is 2.53. The molecule has 0 aliphatic heterocycles. The van der Waals surface area contributed by atoms with Gasteiger partial charge < -0.3 is 10.1 Å². The Morgan fingerprint density at radius 1 is 1.14 bits per heavy atom. The lowest BCUT2D eigenvalue weighted by Crippen LogP contribution is -1.94. The van der Waals surface area contributed by atoms with Gasteiger partial charge in [-0.15, -0.1) is 0 Å². The van der Waals surface area contributed by atoms with E-state index in [-0.39, 0.29) is 0 Å². The molecule has 0 saturated carbocycles. The fraction of sp³-hybridized carbons (Fsp3) is 0.263. The van der Waals surface area contributed by atoms with Gasteiger partial charge in [0.1, 0.15) is 0 Å². The van der Waals surface area contributed by atoms with E-state index in [0.29, 0.717) is 0 Å². The molecule has 0 bridgehead atoms. The van der Waals surface area contributed by atoms with Crippen LogP contribution in [0.25, 0.3) is 10.8 Å². The van der Waals surface area contributed by atoms with Crippen molar-refractivity contribution in [3.8, 4) is 0 Å². The van der Waals surface area contributed by atoms with Crippen LogP contribution in [0.3, 0.4) is 0 Å². The Morgan fingerprint density at radius 2 is 1.81 bits per heavy atom. The third-order valence-electron chi connectivity index (χ3n) is 2.92. The van der Waals surface area contributed by atoms with Crippen LogP contribution in [0.4, 0.5) is 5.69 Å². The molecule has 0 radical (unpaired) electrons. The summed E-state index contributed by atoms with van der Waals surface area (Å²) in [6.07, 6.45) is 6.12. The van der Waals surface area contributed by atoms with Crippen molar-refractivity contribution in [2.75, 3.05) is 19.0 Å². The summed E-state index contributed by atoms with van der Waals surface area (Å²) in [5, 5.41) is 5.91. The Balaban J connectivity index is 0.000000491. The van der Waals surface area contributed by atoms with Gasteiger partial charge in [-0.1, -0.05) is 42.5 Å². The van der Waals surface area contributed by atoms with E-state index in [1.165, 1.54) is 10.8 Å². The highest BCUT2D eigenvalue weighted by Gasteiger charge is 1.95. The third kappa shape index (κ3) is 6.28. The molecule has 2 aromatic rings. The molecule has 0 heterocycles. The van der Waals surface area contributed by atoms with Crippen LogP contribution in [0.15, 0.2) is 66.4 Å². The first kappa shape index (κ1) is 17.0. The highest BCUT2D eigenvalue weighted by atomic mass is 16.5. The molecule has 0 aliphatic rings. The van der Waals surface area contributed by atoms with Gasteiger partial charge in [-0.25, -0.2) is 0 Å². The summed E-state index contributed by atoms with van der Waals surface area (Å²) in [4.78, 5) is 0. The minimum Gasteiger partial charge on any atom is -0.385 e. The Bertz CT molecular complexity index is 597. The summed E-state index contributed by atoms with van der Waals surface area (Å²) < 4.78 is 4.54. The van der Waals surface area contributed by atoms with E-state index in [1.807, 2.05) is 26.0 Å². The van der Waals surface area contributed by atoms with Crippen molar-refractivity contribution in [3.63, 3.8) is 0 Å². The maximum Gasteiger partial charge on any atom is 0.0433 e. The van der Waals surface area contributed by atoms with Crippen molar-refractivity contribution in [1.29, 1.82) is 0 Å². The van der Waals surface area contributed by atoms with E-state index in [9.17, 15) is 0 Å². The van der Waals surface area contributed by atoms with Gasteiger partial charge in [-0.05, 0) is 49.8 Å². The molecule has 0 aromatic heterocycles. The molecular formula is C19H25NO. The smallest absolute Gasteiger partial charge is 0.0433 e. The van der Waals surface area contributed by atoms with Gasteiger partial charge in [0.2, 0.25) is 0 Å². The van der Waals surface area contributed by atoms with Crippen LogP contribution in [0, 0.1) is 0 Å². The monoisotopic (exact) mass is 283 g/mol. The fourth-order valence-electron chi connectivity index (χ4n) is 1.78. The fourth-order valence-corrected chi connectivity index (χ4v) is 1.78. The number of hydrogen-bond donors (Lipinski definition) is 1. The lowest BCUT2D eigenvalue weighted by molar-refractivity contribution is 0.215. The van der Waals surface area contributed by atoms with Crippen LogP contribution in [0.2, 0.25) is 0 Å². The van der Waals surface area contributed by atoms with Crippen molar-refractivity contribution in [1.82, 2.24) is 0 Å². The molecule has 112 valence electrons. The van der Waals surface area contributed by atoms with Crippen molar-refractivity contribution >= 4 is 16.5 Å². The summed E-state index contributed by atoms with van der Waals surface area (Å²) in [5.74, 6) is 0. The normalized spacial score (nSPS) is 11.3. The number of hydrogen-bond acceptors (Lipinski definition) is 2. The van der Waals surface area contributed by atoms with Gasteiger partial charge >= 0.3 is 0 Å². The van der Waals surface area contributed by atoms with E-state index >= 15 is 0 Å². The van der Waals surface area contributed by atoms with E-state index < -0.39 is 0 Å². The number of nitrogens with one attached hydrogen (secondary N) is 1. The lowest BCUT2D eigenvalue weighted by Gasteiger charge is -2.07. The summed E-state index contributed by atoms with van der Waals surface area (Å²) >= 11 is 0. The zero-order valence-electron chi connectivity index (χ0n) is 13.4. The van der Waals surface area contributed by atoms with Crippen LogP contribution < -0.4 is 5.32 Å². The molecule has 0 aliphatic carbocycles. The van der Waals surface area contributed by atoms with E-state index in [0.717, 1.165) is 18.0 Å². The van der Waals surface area contributed by atoms with Gasteiger partial charge in [0, 0.05) is 25.1 Å². The second-order valence-corrected chi connectivity index (χ2v) is 4.64. The molecule has 2 heteroatoms. The Hall–Kier alpha value is -2.06. The van der Waals surface area contributed by atoms with E-state index in [2.05, 4.69) is 65.5 Å². The van der Waals surface area contributed by atoms with Crippen LogP contribution in [-0.2, 0) is 4.74 Å². The molecule has 2 nitrogen and oxygen atoms in total. The van der Waals surface area contributed by atoms with Crippen molar-refractivity contribution < 1.29 is 4.74 Å². The van der Waals surface area contributed by atoms with Gasteiger partial charge in [-0.3, -0.25) is 0 Å². The molecule has 0 atom stereocenters. The van der Waals surface area contributed by atoms with E-state index in [4.69, 9.17) is 0 Å². The number of anilines is 1. The number of rotatable bonds is 4. The largest absolute Gasteiger partial charge is 0.385 e. The summed E-state index contributed by atoms with van der Waals surface area (Å²) in [7, 11) is 1.68. The van der Waals surface area contributed by atoms with Crippen LogP contribution in [0.5, 0.6) is 0 Å². The van der Waals surface area contributed by atoms with Crippen LogP contribution >= 0.6 is 0 Å². The highest BCUT2D eigenvalue weighted by Crippen LogP contribution is 2.19. The van der Waals surface area contributed by atoms with Gasteiger partial charge in [0.05, 0.1) is 0 Å². The molecule has 2 aromatic carbocycles. The molecule has 2 rings (SSSR count). The first-order chi connectivity index (χ1) is 10.2. The van der Waals surface area contributed by atoms with Crippen LogP contribution in [-0.4, -0.2) is 13.7 Å².